The molecule has 0 spiro atoms. The lowest BCUT2D eigenvalue weighted by molar-refractivity contribution is 0.0693. The van der Waals surface area contributed by atoms with Crippen molar-refractivity contribution < 1.29 is 14.6 Å². The highest BCUT2D eigenvalue weighted by atomic mass is 35.5. The van der Waals surface area contributed by atoms with Crippen LogP contribution in [0.25, 0.3) is 21.9 Å². The number of fused-ring (bicyclic) bond motifs is 3. The normalized spacial score (nSPS) is 15.8. The highest BCUT2D eigenvalue weighted by molar-refractivity contribution is 6.31. The molecule has 0 saturated carbocycles. The number of carbonyl (C=O) groups is 1. The van der Waals surface area contributed by atoms with Crippen LogP contribution in [0.2, 0.25) is 5.02 Å². The fourth-order valence-electron chi connectivity index (χ4n) is 4.96. The summed E-state index contributed by atoms with van der Waals surface area (Å²) >= 11 is 6.48. The van der Waals surface area contributed by atoms with Crippen LogP contribution < -0.4 is 20.9 Å². The van der Waals surface area contributed by atoms with E-state index in [2.05, 4.69) is 4.90 Å². The number of hydrogen-bond acceptors (Lipinski definition) is 6. The second-order valence-corrected chi connectivity index (χ2v) is 9.25. The van der Waals surface area contributed by atoms with Crippen LogP contribution in [0.1, 0.15) is 28.8 Å². The zero-order valence-corrected chi connectivity index (χ0v) is 21.5. The predicted molar refractivity (Wildman–Crippen MR) is 143 cm³/mol. The van der Waals surface area contributed by atoms with Gasteiger partial charge in [0.1, 0.15) is 16.6 Å². The summed E-state index contributed by atoms with van der Waals surface area (Å²) in [6.45, 7) is 1.74. The Kier molecular flexibility index (Phi) is 7.17. The smallest absolute Gasteiger partial charge is 0.339 e. The number of ether oxygens (including phenoxy) is 1. The number of benzene rings is 2. The van der Waals surface area contributed by atoms with Crippen molar-refractivity contribution in [3.05, 3.63) is 62.9 Å². The molecule has 2 aromatic carbocycles. The zero-order valence-electron chi connectivity index (χ0n) is 19.9. The molecule has 190 valence electrons. The van der Waals surface area contributed by atoms with Gasteiger partial charge in [-0.25, -0.2) is 9.78 Å². The lowest BCUT2D eigenvalue weighted by Gasteiger charge is -2.32. The summed E-state index contributed by atoms with van der Waals surface area (Å²) in [7, 11) is 3.01. The van der Waals surface area contributed by atoms with Gasteiger partial charge < -0.3 is 29.6 Å². The van der Waals surface area contributed by atoms with E-state index in [1.807, 2.05) is 28.8 Å². The van der Waals surface area contributed by atoms with Crippen molar-refractivity contribution >= 4 is 57.9 Å². The molecule has 5 rings (SSSR count). The van der Waals surface area contributed by atoms with Crippen molar-refractivity contribution in [1.82, 2.24) is 14.1 Å². The van der Waals surface area contributed by atoms with E-state index >= 15 is 0 Å². The summed E-state index contributed by atoms with van der Waals surface area (Å²) < 4.78 is 8.79. The summed E-state index contributed by atoms with van der Waals surface area (Å²) in [5, 5.41) is 10.9. The SMILES string of the molecule is COc1c(C(=O)O)ccc2c3nc(N4CCC[C@@H](N)C4)n(Cc4ccccc4Cl)c3c(=O)n(C)c12.Cl. The Bertz CT molecular complexity index is 1530. The third-order valence-corrected chi connectivity index (χ3v) is 7.01. The maximum absolute atomic E-state index is 13.8. The lowest BCUT2D eigenvalue weighted by atomic mass is 10.1. The first kappa shape index (κ1) is 25.8. The minimum absolute atomic E-state index is 0. The molecule has 1 fully saturated rings. The molecule has 0 unspecified atom stereocenters. The number of carboxylic acids is 1. The van der Waals surface area contributed by atoms with Gasteiger partial charge in [0.05, 0.1) is 19.2 Å². The summed E-state index contributed by atoms with van der Waals surface area (Å²) in [4.78, 5) is 32.6. The maximum Gasteiger partial charge on any atom is 0.339 e. The molecule has 0 amide bonds. The van der Waals surface area contributed by atoms with Crippen LogP contribution in [0.5, 0.6) is 5.75 Å². The third-order valence-electron chi connectivity index (χ3n) is 6.64. The minimum atomic E-state index is -1.14. The average molecular weight is 532 g/mol. The van der Waals surface area contributed by atoms with Gasteiger partial charge in [-0.3, -0.25) is 4.79 Å². The first-order chi connectivity index (χ1) is 16.8. The number of aromatic carboxylic acids is 1. The number of nitrogens with zero attached hydrogens (tertiary/aromatic N) is 4. The molecule has 11 heteroatoms. The Morgan fingerprint density at radius 1 is 1.25 bits per heavy atom. The van der Waals surface area contributed by atoms with E-state index < -0.39 is 5.97 Å². The van der Waals surface area contributed by atoms with Gasteiger partial charge >= 0.3 is 5.97 Å². The van der Waals surface area contributed by atoms with Crippen LogP contribution in [0.4, 0.5) is 5.95 Å². The first-order valence-electron chi connectivity index (χ1n) is 11.4. The minimum Gasteiger partial charge on any atom is -0.494 e. The quantitative estimate of drug-likeness (QED) is 0.403. The molecule has 1 aliphatic heterocycles. The van der Waals surface area contributed by atoms with Gasteiger partial charge in [0.2, 0.25) is 5.95 Å². The molecule has 36 heavy (non-hydrogen) atoms. The molecule has 4 aromatic rings. The molecule has 0 radical (unpaired) electrons. The van der Waals surface area contributed by atoms with Gasteiger partial charge in [0.15, 0.2) is 5.75 Å². The Morgan fingerprint density at radius 2 is 2.00 bits per heavy atom. The van der Waals surface area contributed by atoms with Gasteiger partial charge in [0.25, 0.3) is 5.56 Å². The monoisotopic (exact) mass is 531 g/mol. The van der Waals surface area contributed by atoms with Gasteiger partial charge in [-0.05, 0) is 36.6 Å². The second kappa shape index (κ2) is 10.0. The van der Waals surface area contributed by atoms with E-state index in [0.29, 0.717) is 46.0 Å². The van der Waals surface area contributed by atoms with Gasteiger partial charge in [-0.1, -0.05) is 29.8 Å². The van der Waals surface area contributed by atoms with E-state index in [4.69, 9.17) is 27.1 Å². The molecule has 3 N–H and O–H groups in total. The number of pyridine rings is 1. The number of carboxylic acid groups (broad SMARTS) is 1. The summed E-state index contributed by atoms with van der Waals surface area (Å²) in [6, 6.07) is 10.7. The average Bonchev–Trinajstić information content (AvgIpc) is 3.22. The molecule has 3 heterocycles. The van der Waals surface area contributed by atoms with E-state index in [9.17, 15) is 14.7 Å². The zero-order chi connectivity index (χ0) is 24.9. The van der Waals surface area contributed by atoms with Crippen molar-refractivity contribution in [3.8, 4) is 5.75 Å². The van der Waals surface area contributed by atoms with Crippen LogP contribution in [0, 0.1) is 0 Å². The Hall–Kier alpha value is -3.27. The number of rotatable bonds is 5. The number of piperidine rings is 1. The topological polar surface area (TPSA) is 116 Å². The summed E-state index contributed by atoms with van der Waals surface area (Å²) in [5.74, 6) is -0.372. The highest BCUT2D eigenvalue weighted by Gasteiger charge is 2.27. The van der Waals surface area contributed by atoms with Crippen LogP contribution in [-0.2, 0) is 13.6 Å². The molecule has 1 aliphatic rings. The number of nitrogens with two attached hydrogens (primary N) is 1. The van der Waals surface area contributed by atoms with Crippen LogP contribution in [0.3, 0.4) is 0 Å². The van der Waals surface area contributed by atoms with Crippen molar-refractivity contribution in [3.63, 3.8) is 0 Å². The fourth-order valence-corrected chi connectivity index (χ4v) is 5.15. The molecule has 2 aromatic heterocycles. The number of methoxy groups -OCH3 is 1. The molecule has 1 atom stereocenters. The largest absolute Gasteiger partial charge is 0.494 e. The Balaban J connectivity index is 0.00000304. The number of halogens is 2. The lowest BCUT2D eigenvalue weighted by Crippen LogP contribution is -2.44. The highest BCUT2D eigenvalue weighted by Crippen LogP contribution is 2.35. The molecule has 0 bridgehead atoms. The van der Waals surface area contributed by atoms with Gasteiger partial charge in [0, 0.05) is 36.6 Å². The second-order valence-electron chi connectivity index (χ2n) is 8.85. The standard InChI is InChI=1S/C25H26ClN5O4.ClH/c1-29-20-16(9-10-17(24(33)34)22(20)35-2)19-21(23(29)32)31(12-14-6-3-4-8-18(14)26)25(28-19)30-11-5-7-15(27)13-30;/h3-4,6,8-10,15H,5,7,11-13,27H2,1-2H3,(H,33,34);1H/t15-;/m1./s1. The molecule has 0 aliphatic carbocycles. The van der Waals surface area contributed by atoms with E-state index in [1.54, 1.807) is 13.1 Å². The maximum atomic E-state index is 13.8. The first-order valence-corrected chi connectivity index (χ1v) is 11.8. The molecular formula is C25H27Cl2N5O4. The van der Waals surface area contributed by atoms with Crippen LogP contribution >= 0.6 is 24.0 Å². The summed E-state index contributed by atoms with van der Waals surface area (Å²) in [6.07, 6.45) is 1.85. The summed E-state index contributed by atoms with van der Waals surface area (Å²) in [5.41, 5.74) is 8.09. The van der Waals surface area contributed by atoms with Crippen LogP contribution in [-0.4, -0.2) is 51.4 Å². The van der Waals surface area contributed by atoms with Crippen molar-refractivity contribution in [2.45, 2.75) is 25.4 Å². The predicted octanol–water partition coefficient (Wildman–Crippen LogP) is 3.65. The number of anilines is 1. The van der Waals surface area contributed by atoms with Crippen molar-refractivity contribution in [1.29, 1.82) is 0 Å². The number of aryl methyl sites for hydroxylation is 1. The molecule has 9 nitrogen and oxygen atoms in total. The van der Waals surface area contributed by atoms with E-state index in [1.165, 1.54) is 17.7 Å². The molecular weight excluding hydrogens is 505 g/mol. The third kappa shape index (κ3) is 4.17. The van der Waals surface area contributed by atoms with E-state index in [0.717, 1.165) is 24.9 Å². The van der Waals surface area contributed by atoms with Crippen molar-refractivity contribution in [2.24, 2.45) is 12.8 Å². The van der Waals surface area contributed by atoms with Crippen LogP contribution in [0.15, 0.2) is 41.2 Å². The number of aromatic nitrogens is 3. The Labute approximate surface area is 218 Å². The molecule has 1 saturated heterocycles. The van der Waals surface area contributed by atoms with Crippen molar-refractivity contribution in [2.75, 3.05) is 25.1 Å². The van der Waals surface area contributed by atoms with Gasteiger partial charge in [-0.15, -0.1) is 12.4 Å². The fraction of sp³-hybridized carbons (Fsp3) is 0.320. The number of hydrogen-bond donors (Lipinski definition) is 2. The Morgan fingerprint density at radius 3 is 2.67 bits per heavy atom. The number of imidazole rings is 1. The van der Waals surface area contributed by atoms with Gasteiger partial charge in [-0.2, -0.15) is 0 Å². The van der Waals surface area contributed by atoms with E-state index in [-0.39, 0.29) is 35.3 Å².